The highest BCUT2D eigenvalue weighted by Gasteiger charge is 2.15. The molecule has 0 amide bonds. The van der Waals surface area contributed by atoms with Crippen LogP contribution in [-0.2, 0) is 6.42 Å². The second-order valence-electron chi connectivity index (χ2n) is 7.44. The Bertz CT molecular complexity index is 1230. The van der Waals surface area contributed by atoms with Crippen LogP contribution in [0.5, 0.6) is 11.5 Å². The van der Waals surface area contributed by atoms with Crippen LogP contribution in [0.15, 0.2) is 103 Å². The maximum atomic E-state index is 12.8. The molecule has 0 saturated carbocycles. The summed E-state index contributed by atoms with van der Waals surface area (Å²) in [6.07, 6.45) is 0.498. The quantitative estimate of drug-likeness (QED) is 0.281. The van der Waals surface area contributed by atoms with Crippen LogP contribution in [0.2, 0.25) is 0 Å². The molecule has 0 unspecified atom stereocenters. The Labute approximate surface area is 187 Å². The molecule has 0 aliphatic rings. The summed E-state index contributed by atoms with van der Waals surface area (Å²) in [7, 11) is 0. The predicted octanol–water partition coefficient (Wildman–Crippen LogP) is 6.02. The molecule has 4 nitrogen and oxygen atoms in total. The molecular weight excluding hydrogens is 400 g/mol. The number of aryl methyl sites for hydroxylation is 1. The van der Waals surface area contributed by atoms with E-state index < -0.39 is 11.9 Å². The monoisotopic (exact) mass is 422 g/mol. The van der Waals surface area contributed by atoms with Crippen molar-refractivity contribution in [3.05, 3.63) is 131 Å². The normalized spacial score (nSPS) is 10.4. The molecule has 0 heterocycles. The minimum Gasteiger partial charge on any atom is -0.423 e. The lowest BCUT2D eigenvalue weighted by atomic mass is 9.97. The van der Waals surface area contributed by atoms with E-state index in [1.807, 2.05) is 61.5 Å². The van der Waals surface area contributed by atoms with Crippen molar-refractivity contribution in [3.8, 4) is 11.5 Å². The number of esters is 2. The van der Waals surface area contributed by atoms with Crippen molar-refractivity contribution in [2.45, 2.75) is 13.3 Å². The van der Waals surface area contributed by atoms with E-state index in [0.29, 0.717) is 29.0 Å². The molecule has 0 atom stereocenters. The molecule has 4 aromatic rings. The second kappa shape index (κ2) is 9.75. The van der Waals surface area contributed by atoms with Crippen LogP contribution in [0, 0.1) is 6.92 Å². The number of hydrogen-bond acceptors (Lipinski definition) is 4. The van der Waals surface area contributed by atoms with Gasteiger partial charge in [0.15, 0.2) is 0 Å². The van der Waals surface area contributed by atoms with Gasteiger partial charge < -0.3 is 9.47 Å². The lowest BCUT2D eigenvalue weighted by Gasteiger charge is -2.12. The number of carbonyl (C=O) groups excluding carboxylic acids is 2. The zero-order valence-corrected chi connectivity index (χ0v) is 17.7. The molecule has 0 aromatic heterocycles. The third kappa shape index (κ3) is 5.29. The van der Waals surface area contributed by atoms with Gasteiger partial charge in [-0.05, 0) is 66.9 Å². The fourth-order valence-electron chi connectivity index (χ4n) is 3.40. The summed E-state index contributed by atoms with van der Waals surface area (Å²) in [5.74, 6) is 0.138. The maximum Gasteiger partial charge on any atom is 0.343 e. The highest BCUT2D eigenvalue weighted by molar-refractivity contribution is 5.93. The van der Waals surface area contributed by atoms with Crippen molar-refractivity contribution >= 4 is 11.9 Å². The van der Waals surface area contributed by atoms with Crippen LogP contribution in [0.25, 0.3) is 0 Å². The van der Waals surface area contributed by atoms with E-state index in [9.17, 15) is 9.59 Å². The third-order valence-corrected chi connectivity index (χ3v) is 4.95. The topological polar surface area (TPSA) is 52.6 Å². The molecule has 158 valence electrons. The van der Waals surface area contributed by atoms with Gasteiger partial charge in [-0.1, -0.05) is 66.2 Å². The Morgan fingerprint density at radius 1 is 0.656 bits per heavy atom. The van der Waals surface area contributed by atoms with Crippen LogP contribution in [0.3, 0.4) is 0 Å². The number of para-hydroxylation sites is 1. The van der Waals surface area contributed by atoms with Gasteiger partial charge in [-0.3, -0.25) is 0 Å². The van der Waals surface area contributed by atoms with Crippen LogP contribution in [0.1, 0.15) is 37.4 Å². The van der Waals surface area contributed by atoms with Gasteiger partial charge in [-0.2, -0.15) is 0 Å². The van der Waals surface area contributed by atoms with E-state index >= 15 is 0 Å². The largest absolute Gasteiger partial charge is 0.423 e. The molecule has 0 fully saturated rings. The molecule has 0 spiro atoms. The van der Waals surface area contributed by atoms with Crippen molar-refractivity contribution in [1.29, 1.82) is 0 Å². The summed E-state index contributed by atoms with van der Waals surface area (Å²) in [6.45, 7) is 1.98. The van der Waals surface area contributed by atoms with Gasteiger partial charge in [0.05, 0.1) is 11.1 Å². The van der Waals surface area contributed by atoms with Crippen molar-refractivity contribution < 1.29 is 19.1 Å². The maximum absolute atomic E-state index is 12.8. The van der Waals surface area contributed by atoms with Gasteiger partial charge in [-0.25, -0.2) is 9.59 Å². The standard InChI is InChI=1S/C28H22O4/c1-20-15-16-26(28(30)31-24-12-6-3-7-13-24)23(17-20)18-21-9-8-14-25(19-21)32-27(29)22-10-4-2-5-11-22/h2-17,19H,18H2,1H3. The number of ether oxygens (including phenoxy) is 2. The highest BCUT2D eigenvalue weighted by Crippen LogP contribution is 2.22. The lowest BCUT2D eigenvalue weighted by molar-refractivity contribution is 0.0725. The fraction of sp³-hybridized carbons (Fsp3) is 0.0714. The molecule has 4 heteroatoms. The van der Waals surface area contributed by atoms with Gasteiger partial charge in [0.1, 0.15) is 11.5 Å². The molecule has 32 heavy (non-hydrogen) atoms. The average Bonchev–Trinajstić information content (AvgIpc) is 2.80. The molecule has 0 bridgehead atoms. The Morgan fingerprint density at radius 2 is 1.31 bits per heavy atom. The van der Waals surface area contributed by atoms with Gasteiger partial charge in [0.2, 0.25) is 0 Å². The summed E-state index contributed by atoms with van der Waals surface area (Å²) in [5, 5.41) is 0. The first kappa shape index (κ1) is 21.1. The summed E-state index contributed by atoms with van der Waals surface area (Å²) < 4.78 is 11.1. The smallest absolute Gasteiger partial charge is 0.343 e. The average molecular weight is 422 g/mol. The van der Waals surface area contributed by atoms with Crippen LogP contribution >= 0.6 is 0 Å². The zero-order chi connectivity index (χ0) is 22.3. The summed E-state index contributed by atoms with van der Waals surface area (Å²) >= 11 is 0. The summed E-state index contributed by atoms with van der Waals surface area (Å²) in [4.78, 5) is 25.2. The van der Waals surface area contributed by atoms with Crippen molar-refractivity contribution in [2.24, 2.45) is 0 Å². The zero-order valence-electron chi connectivity index (χ0n) is 17.7. The Kier molecular flexibility index (Phi) is 6.42. The van der Waals surface area contributed by atoms with E-state index in [1.165, 1.54) is 0 Å². The first-order valence-corrected chi connectivity index (χ1v) is 10.3. The molecule has 0 saturated heterocycles. The van der Waals surface area contributed by atoms with E-state index in [-0.39, 0.29) is 0 Å². The number of rotatable bonds is 6. The first-order valence-electron chi connectivity index (χ1n) is 10.3. The summed E-state index contributed by atoms with van der Waals surface area (Å²) in [6, 6.07) is 30.8. The first-order chi connectivity index (χ1) is 15.6. The Hall–Kier alpha value is -4.18. The molecular formula is C28H22O4. The summed E-state index contributed by atoms with van der Waals surface area (Å²) in [5.41, 5.74) is 3.80. The molecule has 0 radical (unpaired) electrons. The number of carbonyl (C=O) groups is 2. The molecule has 4 rings (SSSR count). The van der Waals surface area contributed by atoms with E-state index in [1.54, 1.807) is 48.5 Å². The van der Waals surface area contributed by atoms with E-state index in [0.717, 1.165) is 16.7 Å². The van der Waals surface area contributed by atoms with Gasteiger partial charge in [0.25, 0.3) is 0 Å². The number of hydrogen-bond donors (Lipinski definition) is 0. The van der Waals surface area contributed by atoms with Gasteiger partial charge in [0, 0.05) is 0 Å². The van der Waals surface area contributed by atoms with Crippen LogP contribution < -0.4 is 9.47 Å². The van der Waals surface area contributed by atoms with Gasteiger partial charge in [-0.15, -0.1) is 0 Å². The molecule has 4 aromatic carbocycles. The molecule has 0 aliphatic carbocycles. The predicted molar refractivity (Wildman–Crippen MR) is 123 cm³/mol. The fourth-order valence-corrected chi connectivity index (χ4v) is 3.40. The Morgan fingerprint density at radius 3 is 2.06 bits per heavy atom. The van der Waals surface area contributed by atoms with Crippen molar-refractivity contribution in [1.82, 2.24) is 0 Å². The minimum absolute atomic E-state index is 0.405. The van der Waals surface area contributed by atoms with Crippen molar-refractivity contribution in [3.63, 3.8) is 0 Å². The second-order valence-corrected chi connectivity index (χ2v) is 7.44. The third-order valence-electron chi connectivity index (χ3n) is 4.95. The SMILES string of the molecule is Cc1ccc(C(=O)Oc2ccccc2)c(Cc2cccc(OC(=O)c3ccccc3)c2)c1. The number of benzene rings is 4. The van der Waals surface area contributed by atoms with Crippen molar-refractivity contribution in [2.75, 3.05) is 0 Å². The lowest BCUT2D eigenvalue weighted by Crippen LogP contribution is -2.12. The highest BCUT2D eigenvalue weighted by atomic mass is 16.5. The van der Waals surface area contributed by atoms with E-state index in [4.69, 9.17) is 9.47 Å². The van der Waals surface area contributed by atoms with Crippen LogP contribution in [-0.4, -0.2) is 11.9 Å². The molecule has 0 N–H and O–H groups in total. The molecule has 0 aliphatic heterocycles. The van der Waals surface area contributed by atoms with E-state index in [2.05, 4.69) is 0 Å². The minimum atomic E-state index is -0.412. The Balaban J connectivity index is 1.54. The van der Waals surface area contributed by atoms with Gasteiger partial charge >= 0.3 is 11.9 Å². The van der Waals surface area contributed by atoms with Crippen LogP contribution in [0.4, 0.5) is 0 Å².